The van der Waals surface area contributed by atoms with Crippen LogP contribution in [0.15, 0.2) is 30.6 Å². The summed E-state index contributed by atoms with van der Waals surface area (Å²) in [5.41, 5.74) is 0. The third-order valence-electron chi connectivity index (χ3n) is 2.22. The van der Waals surface area contributed by atoms with Gasteiger partial charge in [-0.3, -0.25) is 5.10 Å². The maximum atomic E-state index is 5.56. The smallest absolute Gasteiger partial charge is 0.165 e. The molecule has 0 atom stereocenters. The second-order valence-electron chi connectivity index (χ2n) is 3.34. The van der Waals surface area contributed by atoms with Crippen LogP contribution in [0.3, 0.4) is 0 Å². The standard InChI is InChI=1S/C11H10N2O3/c1-2-10-11(15-4-3-14-10)5-8(1)16-9-6-12-13-7-9/h1-2,5-7H,3-4H2,(H,12,13). The molecule has 0 fully saturated rings. The number of nitrogens with one attached hydrogen (secondary N) is 1. The maximum Gasteiger partial charge on any atom is 0.165 e. The van der Waals surface area contributed by atoms with Crippen LogP contribution in [0.1, 0.15) is 0 Å². The summed E-state index contributed by atoms with van der Waals surface area (Å²) in [4.78, 5) is 0. The molecule has 1 aliphatic rings. The van der Waals surface area contributed by atoms with Crippen molar-refractivity contribution in [2.24, 2.45) is 0 Å². The van der Waals surface area contributed by atoms with Gasteiger partial charge in [-0.05, 0) is 12.1 Å². The van der Waals surface area contributed by atoms with Gasteiger partial charge in [-0.25, -0.2) is 0 Å². The highest BCUT2D eigenvalue weighted by atomic mass is 16.6. The minimum absolute atomic E-state index is 0.572. The van der Waals surface area contributed by atoms with Gasteiger partial charge in [0.25, 0.3) is 0 Å². The van der Waals surface area contributed by atoms with Gasteiger partial charge in [0.05, 0.1) is 12.4 Å². The highest BCUT2D eigenvalue weighted by Gasteiger charge is 2.12. The van der Waals surface area contributed by atoms with Crippen molar-refractivity contribution < 1.29 is 14.2 Å². The lowest BCUT2D eigenvalue weighted by Crippen LogP contribution is -2.15. The fourth-order valence-corrected chi connectivity index (χ4v) is 1.52. The van der Waals surface area contributed by atoms with Crippen molar-refractivity contribution in [1.82, 2.24) is 10.2 Å². The average molecular weight is 218 g/mol. The monoisotopic (exact) mass is 218 g/mol. The van der Waals surface area contributed by atoms with Crippen molar-refractivity contribution in [2.45, 2.75) is 0 Å². The Labute approximate surface area is 92.0 Å². The van der Waals surface area contributed by atoms with Crippen LogP contribution >= 0.6 is 0 Å². The number of aromatic amines is 1. The van der Waals surface area contributed by atoms with E-state index in [2.05, 4.69) is 10.2 Å². The topological polar surface area (TPSA) is 56.4 Å². The molecule has 0 unspecified atom stereocenters. The van der Waals surface area contributed by atoms with E-state index in [1.165, 1.54) is 0 Å². The van der Waals surface area contributed by atoms with Crippen molar-refractivity contribution in [3.05, 3.63) is 30.6 Å². The summed E-state index contributed by atoms with van der Waals surface area (Å²) >= 11 is 0. The molecule has 0 bridgehead atoms. The van der Waals surface area contributed by atoms with Gasteiger partial charge in [0, 0.05) is 6.07 Å². The predicted octanol–water partition coefficient (Wildman–Crippen LogP) is 1.97. The number of ether oxygens (including phenoxy) is 3. The number of hydrogen-bond acceptors (Lipinski definition) is 4. The SMILES string of the molecule is c1cc2c(cc1Oc1cn[nH]c1)OCCO2. The molecule has 5 nitrogen and oxygen atoms in total. The summed E-state index contributed by atoms with van der Waals surface area (Å²) in [5, 5.41) is 6.48. The fourth-order valence-electron chi connectivity index (χ4n) is 1.52. The molecule has 5 heteroatoms. The first-order valence-electron chi connectivity index (χ1n) is 4.98. The van der Waals surface area contributed by atoms with Crippen molar-refractivity contribution >= 4 is 0 Å². The Morgan fingerprint density at radius 3 is 2.81 bits per heavy atom. The number of H-pyrrole nitrogens is 1. The van der Waals surface area contributed by atoms with Gasteiger partial charge in [-0.2, -0.15) is 5.10 Å². The second-order valence-corrected chi connectivity index (χ2v) is 3.34. The number of hydrogen-bond donors (Lipinski definition) is 1. The fraction of sp³-hybridized carbons (Fsp3) is 0.182. The zero-order valence-electron chi connectivity index (χ0n) is 8.47. The van der Waals surface area contributed by atoms with Gasteiger partial charge in [0.1, 0.15) is 19.0 Å². The molecule has 0 spiro atoms. The lowest BCUT2D eigenvalue weighted by atomic mass is 10.3. The number of benzene rings is 1. The lowest BCUT2D eigenvalue weighted by molar-refractivity contribution is 0.171. The largest absolute Gasteiger partial charge is 0.486 e. The van der Waals surface area contributed by atoms with Crippen molar-refractivity contribution in [1.29, 1.82) is 0 Å². The average Bonchev–Trinajstić information content (AvgIpc) is 2.82. The first-order chi connectivity index (χ1) is 7.92. The molecule has 0 saturated heterocycles. The van der Waals surface area contributed by atoms with Gasteiger partial charge in [0.2, 0.25) is 0 Å². The molecule has 2 aromatic rings. The van der Waals surface area contributed by atoms with E-state index in [1.807, 2.05) is 18.2 Å². The van der Waals surface area contributed by atoms with Gasteiger partial charge >= 0.3 is 0 Å². The third-order valence-corrected chi connectivity index (χ3v) is 2.22. The van der Waals surface area contributed by atoms with Gasteiger partial charge < -0.3 is 14.2 Å². The number of fused-ring (bicyclic) bond motifs is 1. The Morgan fingerprint density at radius 1 is 1.12 bits per heavy atom. The summed E-state index contributed by atoms with van der Waals surface area (Å²) in [6.07, 6.45) is 3.29. The molecule has 0 amide bonds. The molecule has 0 saturated carbocycles. The van der Waals surface area contributed by atoms with E-state index in [9.17, 15) is 0 Å². The van der Waals surface area contributed by atoms with Crippen LogP contribution in [0.25, 0.3) is 0 Å². The van der Waals surface area contributed by atoms with E-state index in [4.69, 9.17) is 14.2 Å². The Morgan fingerprint density at radius 2 is 2.00 bits per heavy atom. The Kier molecular flexibility index (Phi) is 2.14. The Bertz CT molecular complexity index is 482. The van der Waals surface area contributed by atoms with Crippen LogP contribution in [0.5, 0.6) is 23.0 Å². The van der Waals surface area contributed by atoms with Crippen LogP contribution in [0, 0.1) is 0 Å². The number of nitrogens with zero attached hydrogens (tertiary/aromatic N) is 1. The van der Waals surface area contributed by atoms with Crippen molar-refractivity contribution in [2.75, 3.05) is 13.2 Å². The van der Waals surface area contributed by atoms with Crippen LogP contribution in [0.2, 0.25) is 0 Å². The zero-order valence-corrected chi connectivity index (χ0v) is 8.47. The molecule has 1 aromatic heterocycles. The highest BCUT2D eigenvalue weighted by molar-refractivity contribution is 5.47. The highest BCUT2D eigenvalue weighted by Crippen LogP contribution is 2.34. The first kappa shape index (κ1) is 9.08. The second kappa shape index (κ2) is 3.77. The molecule has 1 aliphatic heterocycles. The quantitative estimate of drug-likeness (QED) is 0.837. The molecule has 1 N–H and O–H groups in total. The van der Waals surface area contributed by atoms with Gasteiger partial charge in [0.15, 0.2) is 17.2 Å². The van der Waals surface area contributed by atoms with E-state index in [-0.39, 0.29) is 0 Å². The summed E-state index contributed by atoms with van der Waals surface area (Å²) in [6, 6.07) is 5.48. The van der Waals surface area contributed by atoms with E-state index in [0.29, 0.717) is 30.5 Å². The summed E-state index contributed by atoms with van der Waals surface area (Å²) in [6.45, 7) is 1.16. The van der Waals surface area contributed by atoms with Crippen LogP contribution in [-0.2, 0) is 0 Å². The summed E-state index contributed by atoms with van der Waals surface area (Å²) in [5.74, 6) is 2.83. The lowest BCUT2D eigenvalue weighted by Gasteiger charge is -2.18. The molecule has 0 radical (unpaired) electrons. The van der Waals surface area contributed by atoms with E-state index in [0.717, 1.165) is 5.75 Å². The van der Waals surface area contributed by atoms with Gasteiger partial charge in [-0.15, -0.1) is 0 Å². The molecule has 16 heavy (non-hydrogen) atoms. The maximum absolute atomic E-state index is 5.56. The third kappa shape index (κ3) is 1.67. The van der Waals surface area contributed by atoms with E-state index < -0.39 is 0 Å². The normalized spacial score (nSPS) is 13.5. The van der Waals surface area contributed by atoms with Crippen molar-refractivity contribution in [3.63, 3.8) is 0 Å². The molecule has 2 heterocycles. The van der Waals surface area contributed by atoms with Crippen LogP contribution in [-0.4, -0.2) is 23.4 Å². The summed E-state index contributed by atoms with van der Waals surface area (Å²) < 4.78 is 16.4. The molecule has 0 aliphatic carbocycles. The molecule has 1 aromatic carbocycles. The van der Waals surface area contributed by atoms with E-state index in [1.54, 1.807) is 12.4 Å². The number of aromatic nitrogens is 2. The van der Waals surface area contributed by atoms with Gasteiger partial charge in [-0.1, -0.05) is 0 Å². The van der Waals surface area contributed by atoms with Crippen molar-refractivity contribution in [3.8, 4) is 23.0 Å². The Hall–Kier alpha value is -2.17. The van der Waals surface area contributed by atoms with Crippen LogP contribution in [0.4, 0.5) is 0 Å². The van der Waals surface area contributed by atoms with E-state index >= 15 is 0 Å². The summed E-state index contributed by atoms with van der Waals surface area (Å²) in [7, 11) is 0. The molecule has 82 valence electrons. The minimum atomic E-state index is 0.572. The molecular weight excluding hydrogens is 208 g/mol. The predicted molar refractivity (Wildman–Crippen MR) is 56.1 cm³/mol. The van der Waals surface area contributed by atoms with Crippen LogP contribution < -0.4 is 14.2 Å². The molecular formula is C11H10N2O3. The zero-order chi connectivity index (χ0) is 10.8. The number of rotatable bonds is 2. The molecule has 3 rings (SSSR count). The first-order valence-corrected chi connectivity index (χ1v) is 4.98. The minimum Gasteiger partial charge on any atom is -0.486 e. The Balaban J connectivity index is 1.86.